The molecular formula is C29H31FN4O. The second-order valence-electron chi connectivity index (χ2n) is 9.24. The van der Waals surface area contributed by atoms with Gasteiger partial charge in [0.1, 0.15) is 5.82 Å². The van der Waals surface area contributed by atoms with Crippen molar-refractivity contribution in [3.05, 3.63) is 101 Å². The molecule has 0 radical (unpaired) electrons. The van der Waals surface area contributed by atoms with Crippen LogP contribution >= 0.6 is 0 Å². The van der Waals surface area contributed by atoms with Crippen molar-refractivity contribution in [1.82, 2.24) is 15.2 Å². The molecule has 2 N–H and O–H groups in total. The first-order valence-corrected chi connectivity index (χ1v) is 12.2. The van der Waals surface area contributed by atoms with Crippen molar-refractivity contribution in [3.63, 3.8) is 0 Å². The zero-order valence-electron chi connectivity index (χ0n) is 20.1. The average Bonchev–Trinajstić information content (AvgIpc) is 3.18. The van der Waals surface area contributed by atoms with Crippen LogP contribution in [0.1, 0.15) is 22.4 Å². The third-order valence-electron chi connectivity index (χ3n) is 6.90. The molecule has 5 nitrogen and oxygen atoms in total. The number of benzene rings is 3. The van der Waals surface area contributed by atoms with Gasteiger partial charge in [-0.3, -0.25) is 9.69 Å². The molecule has 1 saturated heterocycles. The standard InChI is InChI=1S/C29H31FN4O/c1-21-26(27-17-24(30)11-12-28(27)32-21)18-29(35)31-19-22-7-5-6-8-23(22)20-33-13-15-34(16-14-33)25-9-3-2-4-10-25/h2-12,17,32H,13-16,18-20H2,1H3,(H,31,35). The number of hydrogen-bond donors (Lipinski definition) is 2. The van der Waals surface area contributed by atoms with Gasteiger partial charge in [0.05, 0.1) is 6.42 Å². The topological polar surface area (TPSA) is 51.4 Å². The molecule has 35 heavy (non-hydrogen) atoms. The number of nitrogens with one attached hydrogen (secondary N) is 2. The van der Waals surface area contributed by atoms with Gasteiger partial charge in [0.15, 0.2) is 0 Å². The normalized spacial score (nSPS) is 14.4. The minimum atomic E-state index is -0.295. The average molecular weight is 471 g/mol. The number of nitrogens with zero attached hydrogens (tertiary/aromatic N) is 2. The van der Waals surface area contributed by atoms with Gasteiger partial charge in [-0.2, -0.15) is 0 Å². The molecule has 1 aliphatic rings. The Balaban J connectivity index is 1.18. The van der Waals surface area contributed by atoms with Crippen LogP contribution in [0.3, 0.4) is 0 Å². The quantitative estimate of drug-likeness (QED) is 0.408. The third kappa shape index (κ3) is 5.38. The zero-order chi connectivity index (χ0) is 24.2. The Hall–Kier alpha value is -3.64. The molecular weight excluding hydrogens is 439 g/mol. The maximum absolute atomic E-state index is 13.8. The van der Waals surface area contributed by atoms with Gasteiger partial charge in [-0.15, -0.1) is 0 Å². The van der Waals surface area contributed by atoms with E-state index in [1.165, 1.54) is 23.4 Å². The molecule has 180 valence electrons. The van der Waals surface area contributed by atoms with E-state index in [0.29, 0.717) is 6.54 Å². The first kappa shape index (κ1) is 23.1. The molecule has 0 spiro atoms. The van der Waals surface area contributed by atoms with Crippen LogP contribution in [0.25, 0.3) is 10.9 Å². The number of hydrogen-bond acceptors (Lipinski definition) is 3. The predicted molar refractivity (Wildman–Crippen MR) is 139 cm³/mol. The Morgan fingerprint density at radius 2 is 1.66 bits per heavy atom. The first-order chi connectivity index (χ1) is 17.1. The van der Waals surface area contributed by atoms with Gasteiger partial charge in [-0.05, 0) is 53.9 Å². The SMILES string of the molecule is Cc1[nH]c2ccc(F)cc2c1CC(=O)NCc1ccccc1CN1CCN(c2ccccc2)CC1. The number of amides is 1. The van der Waals surface area contributed by atoms with Crippen LogP contribution < -0.4 is 10.2 Å². The number of rotatable bonds is 7. The Bertz CT molecular complexity index is 1310. The van der Waals surface area contributed by atoms with Crippen molar-refractivity contribution in [2.75, 3.05) is 31.1 Å². The maximum atomic E-state index is 13.8. The fraction of sp³-hybridized carbons (Fsp3) is 0.276. The number of aromatic nitrogens is 1. The molecule has 1 aromatic heterocycles. The van der Waals surface area contributed by atoms with Gasteiger partial charge < -0.3 is 15.2 Å². The summed E-state index contributed by atoms with van der Waals surface area (Å²) in [6.45, 7) is 7.30. The molecule has 4 aromatic rings. The van der Waals surface area contributed by atoms with Crippen LogP contribution in [-0.4, -0.2) is 42.0 Å². The van der Waals surface area contributed by atoms with E-state index in [-0.39, 0.29) is 18.1 Å². The van der Waals surface area contributed by atoms with Crippen LogP contribution in [0, 0.1) is 12.7 Å². The van der Waals surface area contributed by atoms with Crippen molar-refractivity contribution < 1.29 is 9.18 Å². The van der Waals surface area contributed by atoms with E-state index in [1.54, 1.807) is 6.07 Å². The number of aromatic amines is 1. The molecule has 0 aliphatic carbocycles. The van der Waals surface area contributed by atoms with Crippen LogP contribution in [0.5, 0.6) is 0 Å². The molecule has 2 heterocycles. The van der Waals surface area contributed by atoms with E-state index in [4.69, 9.17) is 0 Å². The Labute approximate surface area is 205 Å². The van der Waals surface area contributed by atoms with Crippen molar-refractivity contribution >= 4 is 22.5 Å². The monoisotopic (exact) mass is 470 g/mol. The lowest BCUT2D eigenvalue weighted by Gasteiger charge is -2.36. The Kier molecular flexibility index (Phi) is 6.82. The van der Waals surface area contributed by atoms with E-state index >= 15 is 0 Å². The molecule has 6 heteroatoms. The highest BCUT2D eigenvalue weighted by Gasteiger charge is 2.18. The lowest BCUT2D eigenvalue weighted by atomic mass is 10.1. The number of carbonyl (C=O) groups excluding carboxylic acids is 1. The molecule has 1 aliphatic heterocycles. The lowest BCUT2D eigenvalue weighted by Crippen LogP contribution is -2.46. The van der Waals surface area contributed by atoms with Crippen molar-refractivity contribution in [2.45, 2.75) is 26.4 Å². The number of piperazine rings is 1. The van der Waals surface area contributed by atoms with Crippen LogP contribution in [0.2, 0.25) is 0 Å². The summed E-state index contributed by atoms with van der Waals surface area (Å²) in [5.74, 6) is -0.360. The van der Waals surface area contributed by atoms with Crippen molar-refractivity contribution in [1.29, 1.82) is 0 Å². The highest BCUT2D eigenvalue weighted by Crippen LogP contribution is 2.24. The Morgan fingerprint density at radius 3 is 2.43 bits per heavy atom. The summed E-state index contributed by atoms with van der Waals surface area (Å²) in [6, 6.07) is 23.5. The summed E-state index contributed by atoms with van der Waals surface area (Å²) >= 11 is 0. The fourth-order valence-corrected chi connectivity index (χ4v) is 4.93. The highest BCUT2D eigenvalue weighted by atomic mass is 19.1. The minimum absolute atomic E-state index is 0.0652. The van der Waals surface area contributed by atoms with Crippen LogP contribution in [-0.2, 0) is 24.3 Å². The van der Waals surface area contributed by atoms with E-state index in [0.717, 1.165) is 60.4 Å². The highest BCUT2D eigenvalue weighted by molar-refractivity contribution is 5.90. The van der Waals surface area contributed by atoms with Gasteiger partial charge in [0.2, 0.25) is 5.91 Å². The van der Waals surface area contributed by atoms with Crippen molar-refractivity contribution in [3.8, 4) is 0 Å². The van der Waals surface area contributed by atoms with E-state index < -0.39 is 0 Å². The maximum Gasteiger partial charge on any atom is 0.224 e. The number of carbonyl (C=O) groups is 1. The first-order valence-electron chi connectivity index (χ1n) is 12.2. The molecule has 5 rings (SSSR count). The molecule has 3 aromatic carbocycles. The predicted octanol–water partition coefficient (Wildman–Crippen LogP) is 4.80. The largest absolute Gasteiger partial charge is 0.369 e. The fourth-order valence-electron chi connectivity index (χ4n) is 4.93. The molecule has 1 amide bonds. The van der Waals surface area contributed by atoms with Gasteiger partial charge in [0, 0.05) is 61.6 Å². The Morgan fingerprint density at radius 1 is 0.943 bits per heavy atom. The number of fused-ring (bicyclic) bond motifs is 1. The number of aryl methyl sites for hydroxylation is 1. The molecule has 1 fully saturated rings. The van der Waals surface area contributed by atoms with Crippen molar-refractivity contribution in [2.24, 2.45) is 0 Å². The molecule has 0 bridgehead atoms. The van der Waals surface area contributed by atoms with Gasteiger partial charge in [-0.25, -0.2) is 4.39 Å². The number of anilines is 1. The number of H-pyrrole nitrogens is 1. The second-order valence-corrected chi connectivity index (χ2v) is 9.24. The van der Waals surface area contributed by atoms with Gasteiger partial charge in [0.25, 0.3) is 0 Å². The zero-order valence-corrected chi connectivity index (χ0v) is 20.1. The molecule has 0 unspecified atom stereocenters. The summed E-state index contributed by atoms with van der Waals surface area (Å²) in [7, 11) is 0. The number of halogens is 1. The second kappa shape index (κ2) is 10.3. The summed E-state index contributed by atoms with van der Waals surface area (Å²) in [5, 5.41) is 3.85. The van der Waals surface area contributed by atoms with Gasteiger partial charge in [-0.1, -0.05) is 42.5 Å². The van der Waals surface area contributed by atoms with Crippen LogP contribution in [0.4, 0.5) is 10.1 Å². The van der Waals surface area contributed by atoms with E-state index in [1.807, 2.05) is 13.0 Å². The third-order valence-corrected chi connectivity index (χ3v) is 6.90. The van der Waals surface area contributed by atoms with Gasteiger partial charge >= 0.3 is 0 Å². The van der Waals surface area contributed by atoms with Crippen LogP contribution in [0.15, 0.2) is 72.8 Å². The van der Waals surface area contributed by atoms with E-state index in [2.05, 4.69) is 68.6 Å². The summed E-state index contributed by atoms with van der Waals surface area (Å²) in [6.07, 6.45) is 0.221. The molecule has 0 saturated carbocycles. The van der Waals surface area contributed by atoms with E-state index in [9.17, 15) is 9.18 Å². The lowest BCUT2D eigenvalue weighted by molar-refractivity contribution is -0.120. The summed E-state index contributed by atoms with van der Waals surface area (Å²) in [5.41, 5.74) is 6.25. The number of para-hydroxylation sites is 1. The summed E-state index contributed by atoms with van der Waals surface area (Å²) < 4.78 is 13.8. The minimum Gasteiger partial charge on any atom is -0.369 e. The summed E-state index contributed by atoms with van der Waals surface area (Å²) in [4.78, 5) is 21.0. The molecule has 0 atom stereocenters. The smallest absolute Gasteiger partial charge is 0.224 e.